The zero-order valence-electron chi connectivity index (χ0n) is 20.3. The number of amides is 1. The number of rotatable bonds is 8. The summed E-state index contributed by atoms with van der Waals surface area (Å²) in [5, 5.41) is 27.4. The molecule has 1 aromatic carbocycles. The highest BCUT2D eigenvalue weighted by molar-refractivity contribution is 7.99. The van der Waals surface area contributed by atoms with Crippen molar-refractivity contribution < 1.29 is 34.1 Å². The first kappa shape index (κ1) is 27.5. The Kier molecular flexibility index (Phi) is 7.41. The number of fused-ring (bicyclic) bond motifs is 1. The number of aryl methyl sites for hydroxylation is 1. The van der Waals surface area contributed by atoms with E-state index in [-0.39, 0.29) is 6.61 Å². The molecule has 2 aliphatic rings. The minimum Gasteiger partial charge on any atom is -0.481 e. The molecule has 2 fully saturated rings. The number of aromatic nitrogens is 3. The molecule has 4 rings (SSSR count). The Balaban J connectivity index is 1.75. The Morgan fingerprint density at radius 1 is 1.22 bits per heavy atom. The van der Waals surface area contributed by atoms with Crippen molar-refractivity contribution in [3.8, 4) is 0 Å². The number of ether oxygens (including phenoxy) is 2. The molecule has 14 heteroatoms. The molecule has 1 heterocycles. The highest BCUT2D eigenvalue weighted by Crippen LogP contribution is 2.66. The quantitative estimate of drug-likeness (QED) is 0.428. The van der Waals surface area contributed by atoms with Gasteiger partial charge in [-0.3, -0.25) is 4.79 Å². The van der Waals surface area contributed by atoms with E-state index in [1.165, 1.54) is 11.0 Å². The van der Waals surface area contributed by atoms with Crippen molar-refractivity contribution in [1.82, 2.24) is 20.1 Å². The first-order valence-electron chi connectivity index (χ1n) is 11.3. The van der Waals surface area contributed by atoms with Crippen molar-refractivity contribution >= 4 is 53.0 Å². The van der Waals surface area contributed by atoms with Gasteiger partial charge in [-0.1, -0.05) is 41.0 Å². The zero-order valence-corrected chi connectivity index (χ0v) is 22.7. The second-order valence-corrected chi connectivity index (χ2v) is 12.0. The number of alkyl carbamates (subject to hydrolysis) is 1. The molecule has 2 saturated carbocycles. The minimum absolute atomic E-state index is 0.0698. The summed E-state index contributed by atoms with van der Waals surface area (Å²) in [6, 6.07) is 4.86. The topological polar surface area (TPSA) is 153 Å². The largest absolute Gasteiger partial charge is 0.481 e. The molecule has 1 aromatic heterocycles. The maximum Gasteiger partial charge on any atom is 0.408 e. The molecule has 0 spiro atoms. The molecule has 11 nitrogen and oxygen atoms in total. The van der Waals surface area contributed by atoms with E-state index in [0.717, 1.165) is 11.8 Å². The number of carboxylic acids is 2. The first-order valence-corrected chi connectivity index (χ1v) is 12.9. The SMILES string of the molecule is Cn1ncnc1S[C@H]1[C@H]2[C@H](C(=O)O)[C@H]2[C@](NC(=O)OC(C)(C)C)(C(=O)O)[C@@H]1OCc1ccc(Cl)c(Cl)c1. The van der Waals surface area contributed by atoms with Crippen LogP contribution in [0.1, 0.15) is 26.3 Å². The highest BCUT2D eigenvalue weighted by Gasteiger charge is 2.80. The number of hydrogen-bond acceptors (Lipinski definition) is 8. The summed E-state index contributed by atoms with van der Waals surface area (Å²) in [4.78, 5) is 42.1. The molecule has 0 bridgehead atoms. The molecule has 37 heavy (non-hydrogen) atoms. The number of hydrogen-bond donors (Lipinski definition) is 3. The number of aliphatic carboxylic acids is 2. The summed E-state index contributed by atoms with van der Waals surface area (Å²) in [6.45, 7) is 4.85. The standard InChI is InChI=1S/C23H26Cl2N4O7S/c1-22(2,3)36-21(34)28-23(19(32)33)15-13(14(15)18(30)31)16(37-20-26-9-27-29(20)4)17(23)35-8-10-5-6-11(24)12(25)7-10/h5-7,9,13-17H,8H2,1-4H3,(H,28,34)(H,30,31)(H,32,33)/t13-,14-,15-,16-,17+,23+/m0/s1. The van der Waals surface area contributed by atoms with Crippen LogP contribution in [0.15, 0.2) is 29.7 Å². The number of nitrogens with zero attached hydrogens (tertiary/aromatic N) is 3. The number of carbonyl (C=O) groups excluding carboxylic acids is 1. The molecule has 200 valence electrons. The molecule has 0 unspecified atom stereocenters. The van der Waals surface area contributed by atoms with Crippen LogP contribution in [0.25, 0.3) is 0 Å². The van der Waals surface area contributed by atoms with Gasteiger partial charge in [-0.25, -0.2) is 19.3 Å². The van der Waals surface area contributed by atoms with E-state index < -0.39 is 58.3 Å². The van der Waals surface area contributed by atoms with Gasteiger partial charge in [0.1, 0.15) is 18.0 Å². The molecular weight excluding hydrogens is 547 g/mol. The third-order valence-electron chi connectivity index (χ3n) is 6.40. The average Bonchev–Trinajstić information content (AvgIpc) is 3.32. The van der Waals surface area contributed by atoms with Gasteiger partial charge in [-0.05, 0) is 44.4 Å². The normalized spacial score (nSPS) is 28.4. The second-order valence-electron chi connectivity index (χ2n) is 10.00. The van der Waals surface area contributed by atoms with Gasteiger partial charge < -0.3 is 25.0 Å². The van der Waals surface area contributed by atoms with Gasteiger partial charge in [0, 0.05) is 18.2 Å². The van der Waals surface area contributed by atoms with Gasteiger partial charge >= 0.3 is 18.0 Å². The van der Waals surface area contributed by atoms with Crippen LogP contribution in [0.2, 0.25) is 10.0 Å². The number of carbonyl (C=O) groups is 3. The van der Waals surface area contributed by atoms with Crippen LogP contribution < -0.4 is 5.32 Å². The molecule has 1 amide bonds. The number of carboxylic acid groups (broad SMARTS) is 2. The van der Waals surface area contributed by atoms with Gasteiger partial charge in [0.15, 0.2) is 10.7 Å². The Labute approximate surface area is 226 Å². The predicted molar refractivity (Wildman–Crippen MR) is 134 cm³/mol. The Hall–Kier alpha value is -2.54. The van der Waals surface area contributed by atoms with E-state index in [0.29, 0.717) is 20.8 Å². The molecule has 6 atom stereocenters. The Morgan fingerprint density at radius 2 is 1.92 bits per heavy atom. The third-order valence-corrected chi connectivity index (χ3v) is 8.55. The number of halogens is 2. The molecule has 0 aliphatic heterocycles. The highest BCUT2D eigenvalue weighted by atomic mass is 35.5. The molecular formula is C23H26Cl2N4O7S. The minimum atomic E-state index is -2.08. The van der Waals surface area contributed by atoms with E-state index >= 15 is 0 Å². The monoisotopic (exact) mass is 572 g/mol. The van der Waals surface area contributed by atoms with Crippen LogP contribution in [-0.2, 0) is 32.7 Å². The fourth-order valence-electron chi connectivity index (χ4n) is 4.94. The summed E-state index contributed by atoms with van der Waals surface area (Å²) >= 11 is 13.3. The lowest BCUT2D eigenvalue weighted by molar-refractivity contribution is -0.155. The summed E-state index contributed by atoms with van der Waals surface area (Å²) in [7, 11) is 1.66. The maximum atomic E-state index is 12.9. The van der Waals surface area contributed by atoms with E-state index in [1.54, 1.807) is 46.0 Å². The van der Waals surface area contributed by atoms with E-state index in [1.807, 2.05) is 0 Å². The van der Waals surface area contributed by atoms with Crippen LogP contribution in [-0.4, -0.2) is 65.5 Å². The average molecular weight is 573 g/mol. The van der Waals surface area contributed by atoms with Crippen molar-refractivity contribution in [2.75, 3.05) is 0 Å². The lowest BCUT2D eigenvalue weighted by atomic mass is 9.87. The predicted octanol–water partition coefficient (Wildman–Crippen LogP) is 3.48. The van der Waals surface area contributed by atoms with Gasteiger partial charge in [0.05, 0.1) is 22.6 Å². The first-order chi connectivity index (χ1) is 17.3. The van der Waals surface area contributed by atoms with Gasteiger partial charge in [-0.15, -0.1) is 0 Å². The lowest BCUT2D eigenvalue weighted by Gasteiger charge is -2.38. The summed E-state index contributed by atoms with van der Waals surface area (Å²) < 4.78 is 13.1. The van der Waals surface area contributed by atoms with E-state index in [4.69, 9.17) is 32.7 Å². The van der Waals surface area contributed by atoms with Crippen molar-refractivity contribution in [3.63, 3.8) is 0 Å². The molecule has 0 saturated heterocycles. The molecule has 2 aliphatic carbocycles. The summed E-state index contributed by atoms with van der Waals surface area (Å²) in [5.41, 5.74) is -2.38. The number of thioether (sulfide) groups is 1. The summed E-state index contributed by atoms with van der Waals surface area (Å²) in [6.07, 6.45) is -0.804. The van der Waals surface area contributed by atoms with Crippen molar-refractivity contribution in [1.29, 1.82) is 0 Å². The Bertz CT molecular complexity index is 1240. The second kappa shape index (κ2) is 9.97. The van der Waals surface area contributed by atoms with Gasteiger partial charge in [0.25, 0.3) is 0 Å². The van der Waals surface area contributed by atoms with Crippen LogP contribution in [0.3, 0.4) is 0 Å². The molecule has 3 N–H and O–H groups in total. The third kappa shape index (κ3) is 5.25. The van der Waals surface area contributed by atoms with Crippen LogP contribution >= 0.6 is 35.0 Å². The fourth-order valence-corrected chi connectivity index (χ4v) is 6.72. The lowest BCUT2D eigenvalue weighted by Crippen LogP contribution is -2.65. The van der Waals surface area contributed by atoms with E-state index in [2.05, 4.69) is 15.4 Å². The van der Waals surface area contributed by atoms with Gasteiger partial charge in [0.2, 0.25) is 0 Å². The number of nitrogens with one attached hydrogen (secondary N) is 1. The van der Waals surface area contributed by atoms with Crippen LogP contribution in [0.5, 0.6) is 0 Å². The van der Waals surface area contributed by atoms with Crippen molar-refractivity contribution in [2.45, 2.75) is 55.0 Å². The van der Waals surface area contributed by atoms with Crippen molar-refractivity contribution in [2.24, 2.45) is 24.8 Å². The Morgan fingerprint density at radius 3 is 2.46 bits per heavy atom. The molecule has 0 radical (unpaired) electrons. The zero-order chi connectivity index (χ0) is 27.3. The van der Waals surface area contributed by atoms with Crippen LogP contribution in [0.4, 0.5) is 4.79 Å². The van der Waals surface area contributed by atoms with Crippen molar-refractivity contribution in [3.05, 3.63) is 40.1 Å². The maximum absolute atomic E-state index is 12.9. The summed E-state index contributed by atoms with van der Waals surface area (Å²) in [5.74, 6) is -5.15. The van der Waals surface area contributed by atoms with Gasteiger partial charge in [-0.2, -0.15) is 5.10 Å². The number of benzene rings is 1. The van der Waals surface area contributed by atoms with E-state index in [9.17, 15) is 24.6 Å². The fraction of sp³-hybridized carbons (Fsp3) is 0.522. The molecule has 2 aromatic rings. The van der Waals surface area contributed by atoms with Crippen LogP contribution in [0, 0.1) is 17.8 Å². The smallest absolute Gasteiger partial charge is 0.408 e.